The highest BCUT2D eigenvalue weighted by atomic mass is 127. The maximum absolute atomic E-state index is 11.7. The molecule has 0 spiro atoms. The van der Waals surface area contributed by atoms with Gasteiger partial charge < -0.3 is 15.4 Å². The Balaban J connectivity index is 0.00000312. The molecule has 9 heteroatoms. The highest BCUT2D eigenvalue weighted by molar-refractivity contribution is 14.0. The largest absolute Gasteiger partial charge is 0.497 e. The molecule has 0 radical (unpaired) electrons. The molecule has 1 aromatic rings. The summed E-state index contributed by atoms with van der Waals surface area (Å²) in [6.45, 7) is 2.38. The van der Waals surface area contributed by atoms with Crippen molar-refractivity contribution < 1.29 is 13.2 Å². The summed E-state index contributed by atoms with van der Waals surface area (Å²) >= 11 is 0. The van der Waals surface area contributed by atoms with E-state index in [0.717, 1.165) is 25.1 Å². The van der Waals surface area contributed by atoms with E-state index < -0.39 is 10.0 Å². The average Bonchev–Trinajstić information content (AvgIpc) is 2.92. The summed E-state index contributed by atoms with van der Waals surface area (Å²) in [7, 11) is 0.328. The van der Waals surface area contributed by atoms with Crippen molar-refractivity contribution in [2.45, 2.75) is 12.8 Å². The molecular formula is C16H27IN4O3S. The van der Waals surface area contributed by atoms with Gasteiger partial charge in [0.1, 0.15) is 5.75 Å². The van der Waals surface area contributed by atoms with Crippen LogP contribution in [-0.2, 0) is 16.4 Å². The van der Waals surface area contributed by atoms with Gasteiger partial charge >= 0.3 is 0 Å². The molecule has 0 aromatic heterocycles. The second kappa shape index (κ2) is 10.8. The molecule has 1 fully saturated rings. The summed E-state index contributed by atoms with van der Waals surface area (Å²) in [4.78, 5) is 4.15. The summed E-state index contributed by atoms with van der Waals surface area (Å²) in [5.74, 6) is 1.79. The van der Waals surface area contributed by atoms with Gasteiger partial charge in [0.2, 0.25) is 10.0 Å². The van der Waals surface area contributed by atoms with Crippen molar-refractivity contribution in [3.8, 4) is 5.75 Å². The summed E-state index contributed by atoms with van der Waals surface area (Å²) in [6, 6.07) is 7.96. The van der Waals surface area contributed by atoms with Crippen LogP contribution in [0, 0.1) is 0 Å². The molecule has 1 aliphatic heterocycles. The Hall–Kier alpha value is -1.07. The van der Waals surface area contributed by atoms with Gasteiger partial charge in [0.25, 0.3) is 0 Å². The van der Waals surface area contributed by atoms with Gasteiger partial charge in [-0.05, 0) is 30.5 Å². The summed E-state index contributed by atoms with van der Waals surface area (Å²) in [5.41, 5.74) is 1.21. The number of aliphatic imine (C=N–C) groups is 1. The fourth-order valence-corrected chi connectivity index (χ4v) is 4.11. The van der Waals surface area contributed by atoms with E-state index in [1.165, 1.54) is 9.87 Å². The normalized spacial score (nSPS) is 17.0. The SMILES string of the molecule is CN=C(NCCc1ccc(OC)cc1)NCCN1CCCS1(=O)=O.I. The van der Waals surface area contributed by atoms with Crippen LogP contribution in [0.5, 0.6) is 5.75 Å². The lowest BCUT2D eigenvalue weighted by molar-refractivity contribution is 0.414. The second-order valence-corrected chi connectivity index (χ2v) is 7.68. The molecular weight excluding hydrogens is 455 g/mol. The molecule has 1 saturated heterocycles. The maximum atomic E-state index is 11.7. The molecule has 1 aromatic carbocycles. The molecule has 25 heavy (non-hydrogen) atoms. The van der Waals surface area contributed by atoms with Gasteiger partial charge in [-0.3, -0.25) is 4.99 Å². The molecule has 0 atom stereocenters. The first-order valence-electron chi connectivity index (χ1n) is 8.10. The quantitative estimate of drug-likeness (QED) is 0.345. The van der Waals surface area contributed by atoms with E-state index in [1.54, 1.807) is 14.2 Å². The van der Waals surface area contributed by atoms with Crippen molar-refractivity contribution in [3.05, 3.63) is 29.8 Å². The zero-order valence-electron chi connectivity index (χ0n) is 14.7. The number of hydrogen-bond donors (Lipinski definition) is 2. The lowest BCUT2D eigenvalue weighted by atomic mass is 10.1. The highest BCUT2D eigenvalue weighted by Gasteiger charge is 2.27. The van der Waals surface area contributed by atoms with Crippen LogP contribution in [0.25, 0.3) is 0 Å². The number of guanidine groups is 1. The van der Waals surface area contributed by atoms with Crippen LogP contribution in [-0.4, -0.2) is 64.8 Å². The van der Waals surface area contributed by atoms with Crippen LogP contribution in [0.2, 0.25) is 0 Å². The van der Waals surface area contributed by atoms with Gasteiger partial charge in [-0.2, -0.15) is 0 Å². The first-order valence-corrected chi connectivity index (χ1v) is 9.71. The minimum atomic E-state index is -3.03. The fraction of sp³-hybridized carbons (Fsp3) is 0.562. The van der Waals surface area contributed by atoms with Gasteiger partial charge in [-0.1, -0.05) is 12.1 Å². The van der Waals surface area contributed by atoms with Crippen LogP contribution in [0.4, 0.5) is 0 Å². The second-order valence-electron chi connectivity index (χ2n) is 5.59. The third-order valence-electron chi connectivity index (χ3n) is 3.95. The molecule has 0 amide bonds. The minimum Gasteiger partial charge on any atom is -0.497 e. The number of halogens is 1. The molecule has 0 unspecified atom stereocenters. The smallest absolute Gasteiger partial charge is 0.214 e. The van der Waals surface area contributed by atoms with Gasteiger partial charge in [-0.15, -0.1) is 24.0 Å². The predicted molar refractivity (Wildman–Crippen MR) is 111 cm³/mol. The number of hydrogen-bond acceptors (Lipinski definition) is 4. The molecule has 2 N–H and O–H groups in total. The van der Waals surface area contributed by atoms with Crippen LogP contribution >= 0.6 is 24.0 Å². The van der Waals surface area contributed by atoms with Crippen molar-refractivity contribution >= 4 is 40.0 Å². The average molecular weight is 482 g/mol. The van der Waals surface area contributed by atoms with Crippen molar-refractivity contribution in [2.24, 2.45) is 4.99 Å². The third-order valence-corrected chi connectivity index (χ3v) is 5.90. The molecule has 0 aliphatic carbocycles. The Morgan fingerprint density at radius 2 is 1.92 bits per heavy atom. The lowest BCUT2D eigenvalue weighted by Gasteiger charge is -2.16. The first kappa shape index (κ1) is 22.0. The molecule has 7 nitrogen and oxygen atoms in total. The fourth-order valence-electron chi connectivity index (χ4n) is 2.58. The molecule has 1 heterocycles. The maximum Gasteiger partial charge on any atom is 0.214 e. The van der Waals surface area contributed by atoms with Gasteiger partial charge in [0.05, 0.1) is 12.9 Å². The topological polar surface area (TPSA) is 83.0 Å². The number of nitrogens with zero attached hydrogens (tertiary/aromatic N) is 2. The molecule has 2 rings (SSSR count). The zero-order valence-corrected chi connectivity index (χ0v) is 17.8. The number of benzene rings is 1. The number of rotatable bonds is 7. The van der Waals surface area contributed by atoms with E-state index in [-0.39, 0.29) is 29.7 Å². The van der Waals surface area contributed by atoms with E-state index in [4.69, 9.17) is 4.74 Å². The number of nitrogens with one attached hydrogen (secondary N) is 2. The Bertz CT molecular complexity index is 650. The number of sulfonamides is 1. The van der Waals surface area contributed by atoms with Crippen LogP contribution in [0.15, 0.2) is 29.3 Å². The van der Waals surface area contributed by atoms with Crippen LogP contribution < -0.4 is 15.4 Å². The van der Waals surface area contributed by atoms with E-state index in [1.807, 2.05) is 24.3 Å². The summed E-state index contributed by atoms with van der Waals surface area (Å²) < 4.78 is 30.1. The van der Waals surface area contributed by atoms with E-state index in [2.05, 4.69) is 15.6 Å². The third kappa shape index (κ3) is 6.98. The van der Waals surface area contributed by atoms with Gasteiger partial charge in [-0.25, -0.2) is 12.7 Å². The zero-order chi connectivity index (χ0) is 17.4. The van der Waals surface area contributed by atoms with E-state index in [9.17, 15) is 8.42 Å². The van der Waals surface area contributed by atoms with Crippen LogP contribution in [0.1, 0.15) is 12.0 Å². The lowest BCUT2D eigenvalue weighted by Crippen LogP contribution is -2.42. The van der Waals surface area contributed by atoms with E-state index in [0.29, 0.717) is 25.6 Å². The minimum absolute atomic E-state index is 0. The Morgan fingerprint density at radius 3 is 2.48 bits per heavy atom. The Labute approximate surface area is 167 Å². The monoisotopic (exact) mass is 482 g/mol. The molecule has 0 bridgehead atoms. The molecule has 0 saturated carbocycles. The van der Waals surface area contributed by atoms with Crippen LogP contribution in [0.3, 0.4) is 0 Å². The summed E-state index contributed by atoms with van der Waals surface area (Å²) in [6.07, 6.45) is 1.59. The van der Waals surface area contributed by atoms with Gasteiger partial charge in [0, 0.05) is 33.2 Å². The first-order chi connectivity index (χ1) is 11.5. The van der Waals surface area contributed by atoms with Crippen molar-refractivity contribution in [3.63, 3.8) is 0 Å². The Morgan fingerprint density at radius 1 is 1.24 bits per heavy atom. The van der Waals surface area contributed by atoms with E-state index >= 15 is 0 Å². The predicted octanol–water partition coefficient (Wildman–Crippen LogP) is 1.06. The molecule has 142 valence electrons. The molecule has 1 aliphatic rings. The standard InChI is InChI=1S/C16H26N4O3S.HI/c1-17-16(19-10-12-20-11-3-13-24(20,21)22)18-9-8-14-4-6-15(23-2)7-5-14;/h4-7H,3,8-13H2,1-2H3,(H2,17,18,19);1H. The van der Waals surface area contributed by atoms with Gasteiger partial charge in [0.15, 0.2) is 5.96 Å². The number of methoxy groups -OCH3 is 1. The number of ether oxygens (including phenoxy) is 1. The van der Waals surface area contributed by atoms with Crippen molar-refractivity contribution in [2.75, 3.05) is 46.1 Å². The van der Waals surface area contributed by atoms with Crippen molar-refractivity contribution in [1.29, 1.82) is 0 Å². The Kier molecular flexibility index (Phi) is 9.51. The highest BCUT2D eigenvalue weighted by Crippen LogP contribution is 2.12. The summed E-state index contributed by atoms with van der Waals surface area (Å²) in [5, 5.41) is 6.38. The van der Waals surface area contributed by atoms with Crippen molar-refractivity contribution in [1.82, 2.24) is 14.9 Å².